The third kappa shape index (κ3) is 5.53. The van der Waals surface area contributed by atoms with Crippen LogP contribution in [0.4, 0.5) is 5.69 Å². The van der Waals surface area contributed by atoms with Gasteiger partial charge in [-0.3, -0.25) is 4.79 Å². The third-order valence-corrected chi connectivity index (χ3v) is 7.45. The minimum absolute atomic E-state index is 0.188. The van der Waals surface area contributed by atoms with Gasteiger partial charge in [-0.15, -0.1) is 0 Å². The maximum Gasteiger partial charge on any atom is 0.313 e. The Bertz CT molecular complexity index is 1410. The molecular formula is C33H38N2O2. The summed E-state index contributed by atoms with van der Waals surface area (Å²) in [6.07, 6.45) is 5.90. The van der Waals surface area contributed by atoms with Crippen LogP contribution in [0.1, 0.15) is 62.6 Å². The summed E-state index contributed by atoms with van der Waals surface area (Å²) in [5.74, 6) is -0.512. The molecular weight excluding hydrogens is 456 g/mol. The quantitative estimate of drug-likeness (QED) is 0.266. The molecule has 37 heavy (non-hydrogen) atoms. The molecule has 0 spiro atoms. The predicted octanol–water partition coefficient (Wildman–Crippen LogP) is 7.20. The highest BCUT2D eigenvalue weighted by atomic mass is 16.5. The summed E-state index contributed by atoms with van der Waals surface area (Å²) in [5, 5.41) is 1.24. The zero-order chi connectivity index (χ0) is 26.7. The Morgan fingerprint density at radius 2 is 1.70 bits per heavy atom. The number of cyclic esters (lactones) is 1. The smallest absolute Gasteiger partial charge is 0.313 e. The second kappa shape index (κ2) is 11.2. The van der Waals surface area contributed by atoms with Crippen molar-refractivity contribution in [2.75, 3.05) is 12.3 Å². The van der Waals surface area contributed by atoms with E-state index in [-0.39, 0.29) is 18.5 Å². The molecule has 0 saturated heterocycles. The van der Waals surface area contributed by atoms with Gasteiger partial charge >= 0.3 is 5.97 Å². The molecule has 1 aliphatic heterocycles. The average molecular weight is 495 g/mol. The van der Waals surface area contributed by atoms with Gasteiger partial charge in [-0.2, -0.15) is 0 Å². The molecule has 0 radical (unpaired) electrons. The van der Waals surface area contributed by atoms with Gasteiger partial charge in [-0.1, -0.05) is 50.3 Å². The number of pyridine rings is 1. The van der Waals surface area contributed by atoms with Crippen molar-refractivity contribution in [3.8, 4) is 0 Å². The van der Waals surface area contributed by atoms with Crippen LogP contribution < -0.4 is 5.73 Å². The Kier molecular flexibility index (Phi) is 7.97. The summed E-state index contributed by atoms with van der Waals surface area (Å²) in [4.78, 5) is 17.5. The van der Waals surface area contributed by atoms with E-state index in [4.69, 9.17) is 15.5 Å². The molecule has 4 heteroatoms. The number of anilines is 1. The fraction of sp³-hybridized carbons (Fsp3) is 0.333. The van der Waals surface area contributed by atoms with Crippen molar-refractivity contribution in [3.63, 3.8) is 0 Å². The zero-order valence-corrected chi connectivity index (χ0v) is 22.8. The van der Waals surface area contributed by atoms with E-state index in [9.17, 15) is 4.79 Å². The lowest BCUT2D eigenvalue weighted by Crippen LogP contribution is -2.25. The van der Waals surface area contributed by atoms with Crippen molar-refractivity contribution in [1.82, 2.24) is 4.98 Å². The maximum absolute atomic E-state index is 12.3. The van der Waals surface area contributed by atoms with Gasteiger partial charge in [0.05, 0.1) is 17.1 Å². The van der Waals surface area contributed by atoms with Crippen LogP contribution in [-0.2, 0) is 35.2 Å². The normalized spacial score (nSPS) is 16.3. The van der Waals surface area contributed by atoms with Crippen LogP contribution in [0.5, 0.6) is 0 Å². The highest BCUT2D eigenvalue weighted by molar-refractivity contribution is 5.88. The van der Waals surface area contributed by atoms with Crippen LogP contribution in [0.2, 0.25) is 0 Å². The summed E-state index contributed by atoms with van der Waals surface area (Å²) >= 11 is 0. The van der Waals surface area contributed by atoms with Crippen molar-refractivity contribution in [1.29, 1.82) is 0 Å². The molecule has 0 amide bonds. The van der Waals surface area contributed by atoms with E-state index in [1.165, 1.54) is 27.6 Å². The molecule has 1 unspecified atom stereocenters. The predicted molar refractivity (Wildman–Crippen MR) is 154 cm³/mol. The number of nitrogens with zero attached hydrogens (tertiary/aromatic N) is 1. The molecule has 2 N–H and O–H groups in total. The Balaban J connectivity index is 1.75. The number of allylic oxidation sites excluding steroid dienone is 2. The monoisotopic (exact) mass is 494 g/mol. The number of benzene rings is 2. The first kappa shape index (κ1) is 26.4. The van der Waals surface area contributed by atoms with E-state index in [1.807, 2.05) is 26.0 Å². The number of nitrogens with two attached hydrogens (primary N) is 1. The number of rotatable bonds is 8. The van der Waals surface area contributed by atoms with Crippen molar-refractivity contribution in [2.45, 2.75) is 60.3 Å². The third-order valence-electron chi connectivity index (χ3n) is 7.45. The number of carbonyl (C=O) groups excluding carboxylic acids is 1. The molecule has 4 nitrogen and oxygen atoms in total. The molecule has 2 heterocycles. The molecule has 0 aliphatic carbocycles. The summed E-state index contributed by atoms with van der Waals surface area (Å²) in [5.41, 5.74) is 17.9. The zero-order valence-electron chi connectivity index (χ0n) is 22.8. The first-order valence-corrected chi connectivity index (χ1v) is 13.3. The summed E-state index contributed by atoms with van der Waals surface area (Å²) < 4.78 is 5.38. The number of fused-ring (bicyclic) bond motifs is 1. The Labute approximate surface area is 220 Å². The highest BCUT2D eigenvalue weighted by Crippen LogP contribution is 2.33. The minimum Gasteiger partial charge on any atom is -0.460 e. The second-order valence-corrected chi connectivity index (χ2v) is 10.1. The van der Waals surface area contributed by atoms with Crippen molar-refractivity contribution in [3.05, 3.63) is 99.8 Å². The van der Waals surface area contributed by atoms with Crippen LogP contribution in [0.3, 0.4) is 0 Å². The van der Waals surface area contributed by atoms with E-state index in [1.54, 1.807) is 0 Å². The minimum atomic E-state index is -0.324. The molecule has 1 aliphatic rings. The van der Waals surface area contributed by atoms with E-state index in [0.717, 1.165) is 64.9 Å². The van der Waals surface area contributed by atoms with Crippen LogP contribution in [0.25, 0.3) is 16.5 Å². The SMILES string of the molecule is C=C(C)C1=C(/C=C(\C)c2nc3ccc(CCc4ccc(N)cc4)cc3c(CC)c2CC)C(C)C(=O)OC1. The maximum atomic E-state index is 12.3. The van der Waals surface area contributed by atoms with Crippen LogP contribution in [0, 0.1) is 5.92 Å². The Hall–Kier alpha value is -3.66. The molecule has 0 saturated carbocycles. The van der Waals surface area contributed by atoms with Gasteiger partial charge in [0.1, 0.15) is 6.61 Å². The molecule has 3 aromatic rings. The fourth-order valence-electron chi connectivity index (χ4n) is 5.28. The van der Waals surface area contributed by atoms with Crippen LogP contribution in [0.15, 0.2) is 71.8 Å². The average Bonchev–Trinajstić information content (AvgIpc) is 2.89. The number of carbonyl (C=O) groups is 1. The fourth-order valence-corrected chi connectivity index (χ4v) is 5.28. The first-order chi connectivity index (χ1) is 17.7. The van der Waals surface area contributed by atoms with Crippen LogP contribution in [-0.4, -0.2) is 17.6 Å². The topological polar surface area (TPSA) is 65.2 Å². The van der Waals surface area contributed by atoms with E-state index in [2.05, 4.69) is 63.8 Å². The van der Waals surface area contributed by atoms with Gasteiger partial charge in [-0.25, -0.2) is 4.98 Å². The second-order valence-electron chi connectivity index (χ2n) is 10.1. The van der Waals surface area contributed by atoms with Gasteiger partial charge in [0.2, 0.25) is 0 Å². The van der Waals surface area contributed by atoms with E-state index in [0.29, 0.717) is 0 Å². The number of hydrogen-bond donors (Lipinski definition) is 1. The molecule has 2 aromatic carbocycles. The number of nitrogen functional groups attached to an aromatic ring is 1. The number of hydrogen-bond acceptors (Lipinski definition) is 4. The van der Waals surface area contributed by atoms with Crippen molar-refractivity contribution >= 4 is 28.1 Å². The van der Waals surface area contributed by atoms with E-state index >= 15 is 0 Å². The largest absolute Gasteiger partial charge is 0.460 e. The lowest BCUT2D eigenvalue weighted by molar-refractivity contribution is -0.146. The van der Waals surface area contributed by atoms with E-state index < -0.39 is 0 Å². The number of esters is 1. The lowest BCUT2D eigenvalue weighted by Gasteiger charge is -2.25. The summed E-state index contributed by atoms with van der Waals surface area (Å²) in [6.45, 7) is 14.8. The Morgan fingerprint density at radius 3 is 2.35 bits per heavy atom. The molecule has 0 bridgehead atoms. The molecule has 1 aromatic heterocycles. The van der Waals surface area contributed by atoms with Gasteiger partial charge in [0, 0.05) is 11.1 Å². The number of aromatic nitrogens is 1. The van der Waals surface area contributed by atoms with Gasteiger partial charge < -0.3 is 10.5 Å². The summed E-state index contributed by atoms with van der Waals surface area (Å²) in [6, 6.07) is 14.8. The first-order valence-electron chi connectivity index (χ1n) is 13.3. The lowest BCUT2D eigenvalue weighted by atomic mass is 9.87. The summed E-state index contributed by atoms with van der Waals surface area (Å²) in [7, 11) is 0. The van der Waals surface area contributed by atoms with Gasteiger partial charge in [-0.05, 0) is 110 Å². The Morgan fingerprint density at radius 1 is 1.05 bits per heavy atom. The molecule has 1 atom stereocenters. The van der Waals surface area contributed by atoms with Gasteiger partial charge in [0.15, 0.2) is 0 Å². The molecule has 4 rings (SSSR count). The molecule has 192 valence electrons. The standard InChI is InChI=1S/C33H38N2O2/c1-7-26-27(8-2)32(21(5)17-28-22(6)33(36)37-19-30(28)20(3)4)35-31-16-13-24(18-29(26)31)10-9-23-11-14-25(34)15-12-23/h11-18,22H,3,7-10,19,34H2,1-2,4-6H3/b21-17+. The molecule has 0 fully saturated rings. The van der Waals surface area contributed by atoms with Gasteiger partial charge in [0.25, 0.3) is 0 Å². The van der Waals surface area contributed by atoms with Crippen LogP contribution >= 0.6 is 0 Å². The number of ether oxygens (including phenoxy) is 1. The van der Waals surface area contributed by atoms with Crippen molar-refractivity contribution < 1.29 is 9.53 Å². The highest BCUT2D eigenvalue weighted by Gasteiger charge is 2.27. The number of aryl methyl sites for hydroxylation is 3. The van der Waals surface area contributed by atoms with Crippen molar-refractivity contribution in [2.24, 2.45) is 5.92 Å².